The Balaban J connectivity index is 1.84. The fourth-order valence-electron chi connectivity index (χ4n) is 3.90. The number of halogens is 1. The van der Waals surface area contributed by atoms with E-state index in [1.165, 1.54) is 11.3 Å². The molecule has 0 amide bonds. The molecule has 0 saturated carbocycles. The fraction of sp³-hybridized carbons (Fsp3) is 0.350. The minimum Gasteiger partial charge on any atom is -0.842 e. The second-order valence-electron chi connectivity index (χ2n) is 6.72. The molecule has 0 radical (unpaired) electrons. The number of methoxy groups -OCH3 is 1. The van der Waals surface area contributed by atoms with Crippen LogP contribution in [0.25, 0.3) is 11.1 Å². The zero-order valence-electron chi connectivity index (χ0n) is 15.6. The lowest BCUT2D eigenvalue weighted by Gasteiger charge is -2.19. The summed E-state index contributed by atoms with van der Waals surface area (Å²) < 4.78 is 9.21. The van der Waals surface area contributed by atoms with Gasteiger partial charge in [0.2, 0.25) is 0 Å². The molecule has 0 spiro atoms. The second kappa shape index (κ2) is 7.56. The topological polar surface area (TPSA) is 71.1 Å². The minimum atomic E-state index is -0.231. The van der Waals surface area contributed by atoms with Gasteiger partial charge in [0.15, 0.2) is 4.47 Å². The highest BCUT2D eigenvalue weighted by molar-refractivity contribution is 7.15. The van der Waals surface area contributed by atoms with E-state index in [1.807, 2.05) is 6.92 Å². The van der Waals surface area contributed by atoms with E-state index in [1.54, 1.807) is 46.7 Å². The van der Waals surface area contributed by atoms with E-state index in [2.05, 4.69) is 4.98 Å². The van der Waals surface area contributed by atoms with Crippen LogP contribution in [0, 0.1) is 0 Å². The van der Waals surface area contributed by atoms with Crippen molar-refractivity contribution in [3.8, 4) is 22.8 Å². The van der Waals surface area contributed by atoms with E-state index in [0.717, 1.165) is 17.1 Å². The summed E-state index contributed by atoms with van der Waals surface area (Å²) in [6, 6.07) is 7.04. The Labute approximate surface area is 171 Å². The van der Waals surface area contributed by atoms with Crippen LogP contribution < -0.4 is 20.0 Å². The normalized spacial score (nSPS) is 15.6. The summed E-state index contributed by atoms with van der Waals surface area (Å²) in [7, 11) is 1.58. The first-order valence-electron chi connectivity index (χ1n) is 9.16. The number of benzene rings is 1. The number of hydrogen-bond donors (Lipinski definition) is 0. The van der Waals surface area contributed by atoms with Gasteiger partial charge < -0.3 is 9.84 Å². The molecule has 0 N–H and O–H groups in total. The molecule has 0 aliphatic carbocycles. The van der Waals surface area contributed by atoms with Crippen LogP contribution in [0.1, 0.15) is 30.1 Å². The van der Waals surface area contributed by atoms with E-state index in [4.69, 9.17) is 16.3 Å². The maximum absolute atomic E-state index is 13.4. The molecule has 146 valence electrons. The van der Waals surface area contributed by atoms with Crippen LogP contribution in [-0.4, -0.2) is 16.7 Å². The van der Waals surface area contributed by atoms with E-state index < -0.39 is 0 Å². The van der Waals surface area contributed by atoms with Gasteiger partial charge in [-0.25, -0.2) is 14.3 Å². The zero-order chi connectivity index (χ0) is 19.8. The second-order valence-corrected chi connectivity index (χ2v) is 8.42. The van der Waals surface area contributed by atoms with Gasteiger partial charge in [-0.1, -0.05) is 23.7 Å². The van der Waals surface area contributed by atoms with Crippen molar-refractivity contribution in [1.82, 2.24) is 9.55 Å². The van der Waals surface area contributed by atoms with Gasteiger partial charge in [0.25, 0.3) is 5.82 Å². The quantitative estimate of drug-likeness (QED) is 0.598. The lowest BCUT2D eigenvalue weighted by molar-refractivity contribution is -0.741. The Kier molecular flexibility index (Phi) is 5.12. The van der Waals surface area contributed by atoms with Gasteiger partial charge in [0.05, 0.1) is 26.0 Å². The van der Waals surface area contributed by atoms with Crippen LogP contribution in [0.5, 0.6) is 11.6 Å². The van der Waals surface area contributed by atoms with Crippen LogP contribution in [0.3, 0.4) is 0 Å². The van der Waals surface area contributed by atoms with Crippen LogP contribution >= 0.6 is 22.9 Å². The smallest absolute Gasteiger partial charge is 0.344 e. The Bertz CT molecular complexity index is 1080. The van der Waals surface area contributed by atoms with Crippen molar-refractivity contribution < 1.29 is 14.4 Å². The van der Waals surface area contributed by atoms with Crippen LogP contribution in [-0.2, 0) is 19.4 Å². The molecule has 1 atom stereocenters. The SMILES string of the molecule is CC[n+]1c([O-])c(-c2ccc(OC)cc2)c(=O)n2c1CCC2Cc1cnc(Cl)s1. The number of ether oxygens (including phenoxy) is 1. The molecule has 3 aromatic rings. The van der Waals surface area contributed by atoms with Gasteiger partial charge >= 0.3 is 5.56 Å². The van der Waals surface area contributed by atoms with Crippen molar-refractivity contribution in [2.75, 3.05) is 7.11 Å². The van der Waals surface area contributed by atoms with Crippen molar-refractivity contribution in [2.24, 2.45) is 0 Å². The molecule has 28 heavy (non-hydrogen) atoms. The Morgan fingerprint density at radius 1 is 1.39 bits per heavy atom. The molecular formula is C20H20ClN3O3S. The average Bonchev–Trinajstić information content (AvgIpc) is 3.29. The summed E-state index contributed by atoms with van der Waals surface area (Å²) in [5, 5.41) is 13.1. The van der Waals surface area contributed by atoms with Crippen molar-refractivity contribution in [2.45, 2.75) is 38.8 Å². The molecule has 4 rings (SSSR count). The van der Waals surface area contributed by atoms with Gasteiger partial charge in [-0.2, -0.15) is 4.57 Å². The summed E-state index contributed by atoms with van der Waals surface area (Å²) in [5.74, 6) is 1.25. The highest BCUT2D eigenvalue weighted by Crippen LogP contribution is 2.32. The predicted octanol–water partition coefficient (Wildman–Crippen LogP) is 2.74. The number of aromatic nitrogens is 3. The lowest BCUT2D eigenvalue weighted by Crippen LogP contribution is -2.47. The minimum absolute atomic E-state index is 0.00517. The van der Waals surface area contributed by atoms with Gasteiger partial charge in [0.1, 0.15) is 17.4 Å². The number of thiazole rings is 1. The molecule has 1 aliphatic heterocycles. The highest BCUT2D eigenvalue weighted by Gasteiger charge is 2.35. The van der Waals surface area contributed by atoms with Crippen molar-refractivity contribution in [3.63, 3.8) is 0 Å². The van der Waals surface area contributed by atoms with Gasteiger partial charge in [-0.15, -0.1) is 11.3 Å². The molecule has 2 aromatic heterocycles. The molecule has 0 bridgehead atoms. The van der Waals surface area contributed by atoms with E-state index >= 15 is 0 Å². The number of hydrogen-bond acceptors (Lipinski definition) is 5. The van der Waals surface area contributed by atoms with E-state index in [0.29, 0.717) is 35.2 Å². The van der Waals surface area contributed by atoms with Crippen LogP contribution in [0.15, 0.2) is 35.3 Å². The number of fused-ring (bicyclic) bond motifs is 1. The summed E-state index contributed by atoms with van der Waals surface area (Å²) in [4.78, 5) is 18.5. The Hall–Kier alpha value is -2.38. The van der Waals surface area contributed by atoms with Gasteiger partial charge in [0, 0.05) is 17.5 Å². The number of nitrogens with zero attached hydrogens (tertiary/aromatic N) is 3. The third kappa shape index (κ3) is 3.18. The Morgan fingerprint density at radius 2 is 2.14 bits per heavy atom. The standard InChI is InChI=1S/C20H20ClN3O3S/c1-3-23-16-9-6-13(10-15-11-22-20(21)28-15)24(16)19(26)17(18(23)25)12-4-7-14(27-2)8-5-12/h4-5,7-8,11,13H,3,6,9-10H2,1-2H3. The first-order valence-corrected chi connectivity index (χ1v) is 10.4. The monoisotopic (exact) mass is 417 g/mol. The molecule has 8 heteroatoms. The van der Waals surface area contributed by atoms with Crippen LogP contribution in [0.2, 0.25) is 4.47 Å². The van der Waals surface area contributed by atoms with Gasteiger partial charge in [-0.3, -0.25) is 0 Å². The average molecular weight is 418 g/mol. The molecule has 1 unspecified atom stereocenters. The first-order chi connectivity index (χ1) is 13.5. The lowest BCUT2D eigenvalue weighted by atomic mass is 10.1. The van der Waals surface area contributed by atoms with Crippen molar-refractivity contribution in [1.29, 1.82) is 0 Å². The fourth-order valence-corrected chi connectivity index (χ4v) is 4.95. The summed E-state index contributed by atoms with van der Waals surface area (Å²) in [6.07, 6.45) is 3.96. The summed E-state index contributed by atoms with van der Waals surface area (Å²) in [5.41, 5.74) is 0.593. The molecule has 1 aliphatic rings. The van der Waals surface area contributed by atoms with E-state index in [-0.39, 0.29) is 23.0 Å². The molecule has 6 nitrogen and oxygen atoms in total. The molecular weight excluding hydrogens is 398 g/mol. The summed E-state index contributed by atoms with van der Waals surface area (Å²) in [6.45, 7) is 2.46. The maximum Gasteiger partial charge on any atom is 0.344 e. The third-order valence-corrected chi connectivity index (χ3v) is 6.34. The highest BCUT2D eigenvalue weighted by atomic mass is 35.5. The first kappa shape index (κ1) is 19.0. The molecule has 0 saturated heterocycles. The summed E-state index contributed by atoms with van der Waals surface area (Å²) >= 11 is 7.39. The van der Waals surface area contributed by atoms with Crippen LogP contribution in [0.4, 0.5) is 0 Å². The largest absolute Gasteiger partial charge is 0.842 e. The molecule has 1 aromatic carbocycles. The third-order valence-electron chi connectivity index (χ3n) is 5.20. The number of rotatable bonds is 5. The maximum atomic E-state index is 13.4. The van der Waals surface area contributed by atoms with Gasteiger partial charge in [-0.05, 0) is 31.0 Å². The van der Waals surface area contributed by atoms with E-state index in [9.17, 15) is 9.90 Å². The molecule has 3 heterocycles. The Morgan fingerprint density at radius 3 is 2.75 bits per heavy atom. The van der Waals surface area contributed by atoms with Crippen molar-refractivity contribution >= 4 is 22.9 Å². The van der Waals surface area contributed by atoms with Crippen molar-refractivity contribution in [3.05, 3.63) is 56.0 Å². The molecule has 0 fully saturated rings. The predicted molar refractivity (Wildman–Crippen MR) is 106 cm³/mol. The zero-order valence-corrected chi connectivity index (χ0v) is 17.2.